The molecule has 0 aromatic rings. The minimum absolute atomic E-state index is 0.0627. The Labute approximate surface area is 137 Å². The first-order valence-corrected chi connectivity index (χ1v) is 8.89. The van der Waals surface area contributed by atoms with Gasteiger partial charge >= 0.3 is 0 Å². The predicted octanol–water partition coefficient (Wildman–Crippen LogP) is 1.67. The number of carbonyl (C=O) groups excluding carboxylic acids is 1. The predicted molar refractivity (Wildman–Crippen MR) is 80.8 cm³/mol. The fraction of sp³-hybridized carbons (Fsp3) is 0.941. The Hall–Kier alpha value is -0.690. The van der Waals surface area contributed by atoms with Crippen molar-refractivity contribution in [1.29, 1.82) is 0 Å². The van der Waals surface area contributed by atoms with Crippen LogP contribution in [0, 0.1) is 23.7 Å². The van der Waals surface area contributed by atoms with E-state index in [9.17, 15) is 9.90 Å². The summed E-state index contributed by atoms with van der Waals surface area (Å²) in [5.41, 5.74) is -0.601. The third-order valence-electron chi connectivity index (χ3n) is 6.70. The summed E-state index contributed by atoms with van der Waals surface area (Å²) in [7, 11) is 0. The van der Waals surface area contributed by atoms with E-state index in [1.807, 2.05) is 13.8 Å². The van der Waals surface area contributed by atoms with Crippen molar-refractivity contribution in [2.24, 2.45) is 23.7 Å². The Morgan fingerprint density at radius 1 is 1.22 bits per heavy atom. The van der Waals surface area contributed by atoms with E-state index in [1.165, 1.54) is 0 Å². The van der Waals surface area contributed by atoms with Crippen LogP contribution in [0.5, 0.6) is 0 Å². The Kier molecular flexibility index (Phi) is 3.54. The third kappa shape index (κ3) is 1.98. The van der Waals surface area contributed by atoms with E-state index in [-0.39, 0.29) is 30.9 Å². The van der Waals surface area contributed by atoms with Gasteiger partial charge in [0.2, 0.25) is 11.7 Å². The maximum Gasteiger partial charge on any atom is 0.227 e. The molecule has 7 atom stereocenters. The van der Waals surface area contributed by atoms with Crippen molar-refractivity contribution in [2.45, 2.75) is 64.1 Å². The zero-order chi connectivity index (χ0) is 16.4. The minimum Gasteiger partial charge on any atom is -0.395 e. The van der Waals surface area contributed by atoms with Gasteiger partial charge in [-0.3, -0.25) is 4.79 Å². The number of fused-ring (bicyclic) bond motifs is 2. The van der Waals surface area contributed by atoms with Crippen LogP contribution < -0.4 is 0 Å². The summed E-state index contributed by atoms with van der Waals surface area (Å²) in [5.74, 6) is 0.0469. The summed E-state index contributed by atoms with van der Waals surface area (Å²) in [6.45, 7) is 6.35. The van der Waals surface area contributed by atoms with E-state index in [4.69, 9.17) is 14.5 Å². The standard InChI is InChI=1S/C17H27NO5/c1-10-4-5-13-11(2)14(20)18(8-9-19)15-17(13)12(10)6-7-16(3,21-15)22-23-17/h10-13,15,19H,4-9H2,1-3H3/t10?,11-,12?,13+,15?,16+,17?/m1/s1. The average Bonchev–Trinajstić information content (AvgIpc) is 2.76. The highest BCUT2D eigenvalue weighted by Crippen LogP contribution is 2.60. The molecule has 4 aliphatic heterocycles. The van der Waals surface area contributed by atoms with Crippen LogP contribution in [0.1, 0.15) is 46.5 Å². The summed E-state index contributed by atoms with van der Waals surface area (Å²) in [6.07, 6.45) is 3.36. The third-order valence-corrected chi connectivity index (χ3v) is 6.70. The van der Waals surface area contributed by atoms with Gasteiger partial charge in [0.25, 0.3) is 0 Å². The smallest absolute Gasteiger partial charge is 0.227 e. The molecule has 0 aromatic heterocycles. The van der Waals surface area contributed by atoms with Gasteiger partial charge < -0.3 is 14.7 Å². The molecule has 130 valence electrons. The molecule has 5 aliphatic rings. The fourth-order valence-electron chi connectivity index (χ4n) is 5.49. The Morgan fingerprint density at radius 2 is 2.00 bits per heavy atom. The van der Waals surface area contributed by atoms with Crippen LogP contribution in [-0.2, 0) is 19.3 Å². The molecule has 1 N–H and O–H groups in total. The van der Waals surface area contributed by atoms with Crippen LogP contribution in [0.3, 0.4) is 0 Å². The van der Waals surface area contributed by atoms with Gasteiger partial charge in [0.05, 0.1) is 6.61 Å². The quantitative estimate of drug-likeness (QED) is 0.782. The maximum absolute atomic E-state index is 12.9. The molecule has 4 unspecified atom stereocenters. The number of piperidine rings is 1. The molecular weight excluding hydrogens is 298 g/mol. The van der Waals surface area contributed by atoms with E-state index in [2.05, 4.69) is 6.92 Å². The molecule has 5 rings (SSSR count). The van der Waals surface area contributed by atoms with Crippen LogP contribution >= 0.6 is 0 Å². The summed E-state index contributed by atoms with van der Waals surface area (Å²) >= 11 is 0. The van der Waals surface area contributed by atoms with Crippen molar-refractivity contribution in [1.82, 2.24) is 4.90 Å². The molecule has 23 heavy (non-hydrogen) atoms. The molecule has 1 saturated carbocycles. The lowest BCUT2D eigenvalue weighted by Gasteiger charge is -2.61. The van der Waals surface area contributed by atoms with Crippen molar-refractivity contribution >= 4 is 5.91 Å². The van der Waals surface area contributed by atoms with Gasteiger partial charge in [0.15, 0.2) is 11.8 Å². The van der Waals surface area contributed by atoms with Gasteiger partial charge in [-0.25, -0.2) is 9.78 Å². The number of nitrogens with zero attached hydrogens (tertiary/aromatic N) is 1. The zero-order valence-electron chi connectivity index (χ0n) is 14.2. The lowest BCUT2D eigenvalue weighted by Crippen LogP contribution is -2.75. The number of aliphatic hydroxyl groups is 1. The van der Waals surface area contributed by atoms with Gasteiger partial charge in [-0.15, -0.1) is 0 Å². The van der Waals surface area contributed by atoms with Crippen LogP contribution in [0.4, 0.5) is 0 Å². The van der Waals surface area contributed by atoms with Gasteiger partial charge in [0, 0.05) is 24.8 Å². The number of amides is 1. The van der Waals surface area contributed by atoms with Crippen LogP contribution in [0.2, 0.25) is 0 Å². The number of hydrogen-bond donors (Lipinski definition) is 1. The second-order valence-electron chi connectivity index (χ2n) is 7.97. The Morgan fingerprint density at radius 3 is 2.74 bits per heavy atom. The van der Waals surface area contributed by atoms with Gasteiger partial charge in [-0.1, -0.05) is 13.8 Å². The lowest BCUT2D eigenvalue weighted by atomic mass is 9.57. The van der Waals surface area contributed by atoms with Gasteiger partial charge in [-0.05, 0) is 38.0 Å². The first kappa shape index (κ1) is 15.8. The monoisotopic (exact) mass is 325 g/mol. The highest BCUT2D eigenvalue weighted by Gasteiger charge is 2.70. The summed E-state index contributed by atoms with van der Waals surface area (Å²) in [4.78, 5) is 26.4. The number of aliphatic hydroxyl groups excluding tert-OH is 1. The average molecular weight is 325 g/mol. The summed E-state index contributed by atoms with van der Waals surface area (Å²) < 4.78 is 6.31. The van der Waals surface area contributed by atoms with Gasteiger partial charge in [0.1, 0.15) is 0 Å². The largest absolute Gasteiger partial charge is 0.395 e. The van der Waals surface area contributed by atoms with Crippen molar-refractivity contribution in [3.8, 4) is 0 Å². The molecule has 6 heteroatoms. The first-order chi connectivity index (χ1) is 10.9. The summed E-state index contributed by atoms with van der Waals surface area (Å²) in [6, 6.07) is 0. The second kappa shape index (κ2) is 5.15. The molecular formula is C17H27NO5. The second-order valence-corrected chi connectivity index (χ2v) is 7.97. The molecule has 0 aromatic carbocycles. The van der Waals surface area contributed by atoms with Crippen LogP contribution in [0.15, 0.2) is 0 Å². The topological polar surface area (TPSA) is 68.2 Å². The van der Waals surface area contributed by atoms with Crippen LogP contribution in [0.25, 0.3) is 0 Å². The highest BCUT2D eigenvalue weighted by molar-refractivity contribution is 5.80. The first-order valence-electron chi connectivity index (χ1n) is 8.89. The minimum atomic E-state index is -0.813. The van der Waals surface area contributed by atoms with Gasteiger partial charge in [-0.2, -0.15) is 0 Å². The molecule has 6 nitrogen and oxygen atoms in total. The molecule has 1 aliphatic carbocycles. The zero-order valence-corrected chi connectivity index (χ0v) is 14.2. The number of hydrogen-bond acceptors (Lipinski definition) is 5. The summed E-state index contributed by atoms with van der Waals surface area (Å²) in [5, 5.41) is 9.45. The number of carbonyl (C=O) groups is 1. The number of likely N-dealkylation sites (tertiary alicyclic amines) is 1. The number of ether oxygens (including phenoxy) is 1. The highest BCUT2D eigenvalue weighted by atomic mass is 17.3. The van der Waals surface area contributed by atoms with E-state index >= 15 is 0 Å². The van der Waals surface area contributed by atoms with Crippen LogP contribution in [-0.4, -0.2) is 46.7 Å². The molecule has 5 fully saturated rings. The number of β-amino-alcohol motifs (C(OH)–C–C–N with tert-alkyl or cyclic N) is 1. The Bertz CT molecular complexity index is 513. The molecule has 0 radical (unpaired) electrons. The number of rotatable bonds is 2. The molecule has 1 amide bonds. The molecule has 1 spiro atoms. The Balaban J connectivity index is 1.85. The molecule has 4 heterocycles. The molecule has 2 bridgehead atoms. The van der Waals surface area contributed by atoms with Crippen molar-refractivity contribution in [3.05, 3.63) is 0 Å². The van der Waals surface area contributed by atoms with Crippen molar-refractivity contribution < 1.29 is 24.4 Å². The van der Waals surface area contributed by atoms with E-state index in [0.717, 1.165) is 25.7 Å². The lowest BCUT2D eigenvalue weighted by molar-refractivity contribution is -0.547. The SMILES string of the molecule is CC1CC[C@H]2[C@@H](C)C(=O)N(CCO)C3O[C@]4(C)CCC1C32OO4. The fourth-order valence-corrected chi connectivity index (χ4v) is 5.49. The molecule has 4 saturated heterocycles. The van der Waals surface area contributed by atoms with E-state index < -0.39 is 17.6 Å². The normalized spacial score (nSPS) is 52.3. The maximum atomic E-state index is 12.9. The van der Waals surface area contributed by atoms with Crippen molar-refractivity contribution in [2.75, 3.05) is 13.2 Å². The van der Waals surface area contributed by atoms with E-state index in [1.54, 1.807) is 4.90 Å². The van der Waals surface area contributed by atoms with E-state index in [0.29, 0.717) is 11.8 Å². The van der Waals surface area contributed by atoms with Crippen molar-refractivity contribution in [3.63, 3.8) is 0 Å².